The van der Waals surface area contributed by atoms with Crippen LogP contribution in [-0.2, 0) is 9.47 Å². The number of rotatable bonds is 4. The molecule has 0 aromatic heterocycles. The van der Waals surface area contributed by atoms with E-state index in [0.717, 1.165) is 13.2 Å². The third kappa shape index (κ3) is 8.40. The van der Waals surface area contributed by atoms with Gasteiger partial charge in [-0.15, -0.1) is 17.0 Å². The van der Waals surface area contributed by atoms with Gasteiger partial charge in [0.05, 0.1) is 0 Å². The number of hydrogen-bond donors (Lipinski definition) is 0. The van der Waals surface area contributed by atoms with Crippen LogP contribution in [0, 0.1) is 0 Å². The summed E-state index contributed by atoms with van der Waals surface area (Å²) in [4.78, 5) is 0. The normalized spacial score (nSPS) is 9.33. The maximum Gasteiger partial charge on any atom is 0.154 e. The van der Waals surface area contributed by atoms with E-state index in [1.54, 1.807) is 0 Å². The average molecular weight is 199 g/mol. The molecule has 0 aromatic rings. The molecular weight excluding hydrogens is 184 g/mol. The lowest BCUT2D eigenvalue weighted by Crippen LogP contribution is -2.11. The molecule has 0 radical (unpaired) electrons. The molecule has 0 unspecified atom stereocenters. The largest absolute Gasteiger partial charge is 0.353 e. The quantitative estimate of drug-likeness (QED) is 0.644. The van der Waals surface area contributed by atoms with Gasteiger partial charge in [0, 0.05) is 13.2 Å². The van der Waals surface area contributed by atoms with Crippen LogP contribution in [0.5, 0.6) is 0 Å². The second kappa shape index (κ2) is 8.40. The summed E-state index contributed by atoms with van der Waals surface area (Å²) in [6, 6.07) is 0. The van der Waals surface area contributed by atoms with E-state index in [0.29, 0.717) is 0 Å². The first-order valence-electron chi connectivity index (χ1n) is 3.04. The lowest BCUT2D eigenvalue weighted by molar-refractivity contribution is -0.123. The number of hydrogen-bond acceptors (Lipinski definition) is 2. The van der Waals surface area contributed by atoms with Crippen LogP contribution in [0.15, 0.2) is 0 Å². The first-order chi connectivity index (χ1) is 3.81. The second-order valence-corrected chi connectivity index (χ2v) is 1.48. The Morgan fingerprint density at radius 2 is 1.44 bits per heavy atom. The van der Waals surface area contributed by atoms with Crippen molar-refractivity contribution in [2.45, 2.75) is 27.1 Å². The van der Waals surface area contributed by atoms with E-state index in [1.165, 1.54) is 0 Å². The molecule has 0 aliphatic rings. The highest BCUT2D eigenvalue weighted by Crippen LogP contribution is 1.90. The van der Waals surface area contributed by atoms with Crippen molar-refractivity contribution >= 4 is 17.0 Å². The lowest BCUT2D eigenvalue weighted by atomic mass is 10.7. The first kappa shape index (κ1) is 12.1. The summed E-state index contributed by atoms with van der Waals surface area (Å²) < 4.78 is 10.1. The van der Waals surface area contributed by atoms with E-state index in [9.17, 15) is 0 Å². The maximum absolute atomic E-state index is 5.06. The summed E-state index contributed by atoms with van der Waals surface area (Å²) in [6.07, 6.45) is -0.0370. The molecule has 0 amide bonds. The van der Waals surface area contributed by atoms with E-state index in [2.05, 4.69) is 0 Å². The fourth-order valence-corrected chi connectivity index (χ4v) is 0.518. The van der Waals surface area contributed by atoms with Gasteiger partial charge in [-0.1, -0.05) is 0 Å². The van der Waals surface area contributed by atoms with Crippen LogP contribution in [0.3, 0.4) is 0 Å². The first-order valence-corrected chi connectivity index (χ1v) is 3.04. The summed E-state index contributed by atoms with van der Waals surface area (Å²) in [5.74, 6) is 0. The lowest BCUT2D eigenvalue weighted by Gasteiger charge is -2.09. The van der Waals surface area contributed by atoms with E-state index < -0.39 is 0 Å². The van der Waals surface area contributed by atoms with Crippen molar-refractivity contribution in [3.63, 3.8) is 0 Å². The second-order valence-electron chi connectivity index (χ2n) is 1.48. The summed E-state index contributed by atoms with van der Waals surface area (Å²) >= 11 is 0. The van der Waals surface area contributed by atoms with Crippen LogP contribution < -0.4 is 0 Å². The van der Waals surface area contributed by atoms with Gasteiger partial charge in [0.2, 0.25) is 0 Å². The molecule has 0 rings (SSSR count). The minimum atomic E-state index is -0.0370. The monoisotopic (exact) mass is 198 g/mol. The number of halogens is 1. The zero-order chi connectivity index (χ0) is 6.41. The molecule has 2 nitrogen and oxygen atoms in total. The number of ether oxygens (including phenoxy) is 2. The maximum atomic E-state index is 5.06. The Balaban J connectivity index is 0. The minimum Gasteiger partial charge on any atom is -0.353 e. The Bertz CT molecular complexity index is 44.3. The average Bonchev–Trinajstić information content (AvgIpc) is 1.68. The highest BCUT2D eigenvalue weighted by molar-refractivity contribution is 8.93. The fourth-order valence-electron chi connectivity index (χ4n) is 0.518. The van der Waals surface area contributed by atoms with E-state index in [-0.39, 0.29) is 23.3 Å². The Labute approximate surface area is 67.3 Å². The van der Waals surface area contributed by atoms with Crippen molar-refractivity contribution in [1.29, 1.82) is 0 Å². The predicted octanol–water partition coefficient (Wildman–Crippen LogP) is 1.98. The SMILES string of the molecule is Br.CCOC(C)OCC. The predicted molar refractivity (Wildman–Crippen MR) is 43.0 cm³/mol. The Morgan fingerprint density at radius 3 is 1.67 bits per heavy atom. The van der Waals surface area contributed by atoms with Crippen LogP contribution in [-0.4, -0.2) is 19.5 Å². The molecule has 58 valence electrons. The van der Waals surface area contributed by atoms with E-state index in [1.807, 2.05) is 20.8 Å². The zero-order valence-corrected chi connectivity index (χ0v) is 7.93. The Kier molecular flexibility index (Phi) is 11.3. The van der Waals surface area contributed by atoms with E-state index >= 15 is 0 Å². The molecule has 0 heterocycles. The molecule has 0 saturated heterocycles. The molecule has 0 aliphatic heterocycles. The summed E-state index contributed by atoms with van der Waals surface area (Å²) in [6.45, 7) is 7.25. The molecule has 3 heteroatoms. The van der Waals surface area contributed by atoms with Crippen molar-refractivity contribution in [1.82, 2.24) is 0 Å². The molecule has 0 fully saturated rings. The van der Waals surface area contributed by atoms with Crippen LogP contribution in [0.1, 0.15) is 20.8 Å². The molecule has 0 aliphatic carbocycles. The standard InChI is InChI=1S/C6H14O2.BrH/c1-4-7-6(3)8-5-2;/h6H,4-5H2,1-3H3;1H. The van der Waals surface area contributed by atoms with Crippen molar-refractivity contribution in [2.24, 2.45) is 0 Å². The van der Waals surface area contributed by atoms with Gasteiger partial charge in [0.15, 0.2) is 6.29 Å². The summed E-state index contributed by atoms with van der Waals surface area (Å²) in [5, 5.41) is 0. The highest BCUT2D eigenvalue weighted by atomic mass is 79.9. The topological polar surface area (TPSA) is 18.5 Å². The van der Waals surface area contributed by atoms with Crippen LogP contribution in [0.25, 0.3) is 0 Å². The van der Waals surface area contributed by atoms with Gasteiger partial charge in [-0.2, -0.15) is 0 Å². The van der Waals surface area contributed by atoms with Crippen LogP contribution >= 0.6 is 17.0 Å². The van der Waals surface area contributed by atoms with Gasteiger partial charge in [-0.25, -0.2) is 0 Å². The third-order valence-electron chi connectivity index (χ3n) is 0.803. The van der Waals surface area contributed by atoms with Gasteiger partial charge >= 0.3 is 0 Å². The molecule has 9 heavy (non-hydrogen) atoms. The molecule has 0 N–H and O–H groups in total. The third-order valence-corrected chi connectivity index (χ3v) is 0.803. The van der Waals surface area contributed by atoms with E-state index in [4.69, 9.17) is 9.47 Å². The van der Waals surface area contributed by atoms with Gasteiger partial charge in [0.25, 0.3) is 0 Å². The molecule has 0 atom stereocenters. The van der Waals surface area contributed by atoms with Crippen molar-refractivity contribution in [2.75, 3.05) is 13.2 Å². The minimum absolute atomic E-state index is 0. The zero-order valence-electron chi connectivity index (χ0n) is 6.22. The van der Waals surface area contributed by atoms with Gasteiger partial charge in [-0.05, 0) is 20.8 Å². The van der Waals surface area contributed by atoms with Crippen LogP contribution in [0.4, 0.5) is 0 Å². The summed E-state index contributed by atoms with van der Waals surface area (Å²) in [5.41, 5.74) is 0. The molecule has 0 bridgehead atoms. The van der Waals surface area contributed by atoms with Gasteiger partial charge in [0.1, 0.15) is 0 Å². The Hall–Kier alpha value is 0.400. The van der Waals surface area contributed by atoms with Crippen molar-refractivity contribution in [3.8, 4) is 0 Å². The van der Waals surface area contributed by atoms with Gasteiger partial charge < -0.3 is 9.47 Å². The van der Waals surface area contributed by atoms with Gasteiger partial charge in [-0.3, -0.25) is 0 Å². The van der Waals surface area contributed by atoms with Crippen molar-refractivity contribution < 1.29 is 9.47 Å². The smallest absolute Gasteiger partial charge is 0.154 e. The molecule has 0 saturated carbocycles. The highest BCUT2D eigenvalue weighted by Gasteiger charge is 1.94. The molecule has 0 spiro atoms. The van der Waals surface area contributed by atoms with Crippen molar-refractivity contribution in [3.05, 3.63) is 0 Å². The molecular formula is C6H15BrO2. The fraction of sp³-hybridized carbons (Fsp3) is 1.00. The molecule has 0 aromatic carbocycles. The Morgan fingerprint density at radius 1 is 1.11 bits per heavy atom. The van der Waals surface area contributed by atoms with Crippen LogP contribution in [0.2, 0.25) is 0 Å². The summed E-state index contributed by atoms with van der Waals surface area (Å²) in [7, 11) is 0.